The molecule has 1 aromatic heterocycles. The molecule has 1 heterocycles. The molecule has 0 aliphatic heterocycles. The molecule has 1 atom stereocenters. The molecule has 2 aromatic rings. The van der Waals surface area contributed by atoms with Crippen LogP contribution in [0.3, 0.4) is 0 Å². The minimum absolute atomic E-state index is 0.192. The summed E-state index contributed by atoms with van der Waals surface area (Å²) in [4.78, 5) is 8.23. The first-order valence-electron chi connectivity index (χ1n) is 6.14. The van der Waals surface area contributed by atoms with Crippen LogP contribution in [0.2, 0.25) is 0 Å². The first-order chi connectivity index (χ1) is 10.1. The fourth-order valence-corrected chi connectivity index (χ4v) is 1.86. The summed E-state index contributed by atoms with van der Waals surface area (Å²) in [7, 11) is 4.36. The van der Waals surface area contributed by atoms with Gasteiger partial charge >= 0.3 is 0 Å². The average molecular weight is 293 g/mol. The van der Waals surface area contributed by atoms with Crippen molar-refractivity contribution in [2.75, 3.05) is 21.3 Å². The molecule has 1 unspecified atom stereocenters. The third kappa shape index (κ3) is 3.03. The van der Waals surface area contributed by atoms with Gasteiger partial charge in [0.25, 0.3) is 0 Å². The number of hydrogen-bond acceptors (Lipinski definition) is 6. The van der Waals surface area contributed by atoms with Crippen LogP contribution in [0.25, 0.3) is 0 Å². The van der Waals surface area contributed by atoms with Crippen LogP contribution in [0.1, 0.15) is 17.3 Å². The monoisotopic (exact) mass is 293 g/mol. The Kier molecular flexibility index (Phi) is 4.54. The molecule has 0 bridgehead atoms. The van der Waals surface area contributed by atoms with Crippen molar-refractivity contribution >= 4 is 0 Å². The lowest BCUT2D eigenvalue weighted by molar-refractivity contribution is 0.354. The highest BCUT2D eigenvalue weighted by molar-refractivity contribution is 5.37. The molecule has 0 amide bonds. The van der Waals surface area contributed by atoms with Crippen molar-refractivity contribution in [2.24, 2.45) is 5.73 Å². The Morgan fingerprint density at radius 3 is 2.48 bits per heavy atom. The Morgan fingerprint density at radius 1 is 1.14 bits per heavy atom. The zero-order valence-electron chi connectivity index (χ0n) is 12.0. The molecule has 1 aromatic carbocycles. The fourth-order valence-electron chi connectivity index (χ4n) is 1.86. The summed E-state index contributed by atoms with van der Waals surface area (Å²) >= 11 is 0. The Bertz CT molecular complexity index is 637. The van der Waals surface area contributed by atoms with E-state index in [-0.39, 0.29) is 17.3 Å². The van der Waals surface area contributed by atoms with E-state index in [1.54, 1.807) is 12.1 Å². The number of aromatic nitrogens is 2. The molecule has 2 N–H and O–H groups in total. The molecule has 6 nitrogen and oxygen atoms in total. The van der Waals surface area contributed by atoms with Gasteiger partial charge in [0.1, 0.15) is 17.3 Å². The maximum Gasteiger partial charge on any atom is 0.240 e. The summed E-state index contributed by atoms with van der Waals surface area (Å²) in [6, 6.07) is 3.62. The van der Waals surface area contributed by atoms with E-state index in [0.717, 1.165) is 0 Å². The number of benzene rings is 1. The van der Waals surface area contributed by atoms with E-state index in [9.17, 15) is 4.39 Å². The van der Waals surface area contributed by atoms with Gasteiger partial charge in [-0.25, -0.2) is 9.37 Å². The minimum Gasteiger partial charge on any atom is -0.497 e. The van der Waals surface area contributed by atoms with Crippen molar-refractivity contribution in [3.63, 3.8) is 0 Å². The zero-order valence-corrected chi connectivity index (χ0v) is 12.0. The normalized spacial score (nSPS) is 11.9. The predicted molar refractivity (Wildman–Crippen MR) is 74.1 cm³/mol. The van der Waals surface area contributed by atoms with E-state index in [2.05, 4.69) is 9.97 Å². The smallest absolute Gasteiger partial charge is 0.240 e. The number of ether oxygens (including phenoxy) is 3. The van der Waals surface area contributed by atoms with Crippen molar-refractivity contribution in [1.29, 1.82) is 0 Å². The second-order valence-corrected chi connectivity index (χ2v) is 4.17. The first-order valence-corrected chi connectivity index (χ1v) is 6.14. The van der Waals surface area contributed by atoms with E-state index in [1.165, 1.54) is 33.6 Å². The second-order valence-electron chi connectivity index (χ2n) is 4.17. The Morgan fingerprint density at radius 2 is 1.90 bits per heavy atom. The number of hydrogen-bond donors (Lipinski definition) is 1. The van der Waals surface area contributed by atoms with Crippen LogP contribution in [-0.2, 0) is 0 Å². The van der Waals surface area contributed by atoms with Crippen LogP contribution in [0.4, 0.5) is 4.39 Å². The van der Waals surface area contributed by atoms with Gasteiger partial charge in [0, 0.05) is 11.6 Å². The molecule has 7 heteroatoms. The summed E-state index contributed by atoms with van der Waals surface area (Å²) < 4.78 is 29.1. The van der Waals surface area contributed by atoms with Crippen LogP contribution in [-0.4, -0.2) is 31.3 Å². The van der Waals surface area contributed by atoms with Crippen LogP contribution < -0.4 is 19.9 Å². The standard InChI is InChI=1S/C14H16FN3O3/c1-19-8-4-5-9(10(15)6-8)12(16)13-14(21-3)18-11(20-2)7-17-13/h4-7,12H,16H2,1-3H3. The van der Waals surface area contributed by atoms with Crippen molar-refractivity contribution in [1.82, 2.24) is 9.97 Å². The lowest BCUT2D eigenvalue weighted by Gasteiger charge is -2.15. The van der Waals surface area contributed by atoms with Crippen molar-refractivity contribution in [3.8, 4) is 17.5 Å². The molecule has 0 saturated heterocycles. The summed E-state index contributed by atoms with van der Waals surface area (Å²) in [5.74, 6) is 0.410. The molecule has 0 aliphatic rings. The van der Waals surface area contributed by atoms with Gasteiger partial charge in [-0.2, -0.15) is 4.98 Å². The van der Waals surface area contributed by atoms with E-state index in [1.807, 2.05) is 0 Å². The molecule has 2 rings (SSSR count). The van der Waals surface area contributed by atoms with Gasteiger partial charge in [-0.1, -0.05) is 6.07 Å². The van der Waals surface area contributed by atoms with Crippen molar-refractivity contribution < 1.29 is 18.6 Å². The Balaban J connectivity index is 2.42. The lowest BCUT2D eigenvalue weighted by atomic mass is 10.0. The molecule has 0 saturated carbocycles. The molecule has 0 radical (unpaired) electrons. The lowest BCUT2D eigenvalue weighted by Crippen LogP contribution is -2.17. The molecule has 0 aliphatic carbocycles. The molecule has 21 heavy (non-hydrogen) atoms. The highest BCUT2D eigenvalue weighted by Crippen LogP contribution is 2.29. The van der Waals surface area contributed by atoms with Gasteiger partial charge in [0.05, 0.1) is 33.6 Å². The Labute approximate surface area is 121 Å². The third-order valence-electron chi connectivity index (χ3n) is 2.98. The number of methoxy groups -OCH3 is 3. The van der Waals surface area contributed by atoms with Crippen LogP contribution in [0.15, 0.2) is 24.4 Å². The van der Waals surface area contributed by atoms with Gasteiger partial charge in [-0.3, -0.25) is 0 Å². The van der Waals surface area contributed by atoms with Crippen LogP contribution >= 0.6 is 0 Å². The maximum absolute atomic E-state index is 14.1. The van der Waals surface area contributed by atoms with Crippen LogP contribution in [0, 0.1) is 5.82 Å². The Hall–Kier alpha value is -2.41. The second kappa shape index (κ2) is 6.36. The van der Waals surface area contributed by atoms with Gasteiger partial charge in [0.2, 0.25) is 11.8 Å². The summed E-state index contributed by atoms with van der Waals surface area (Å²) in [6.07, 6.45) is 1.40. The fraction of sp³-hybridized carbons (Fsp3) is 0.286. The SMILES string of the molecule is COc1ccc(C(N)c2ncc(OC)nc2OC)c(F)c1. The summed E-state index contributed by atoms with van der Waals surface area (Å²) in [5.41, 5.74) is 6.67. The predicted octanol–water partition coefficient (Wildman–Crippen LogP) is 1.69. The quantitative estimate of drug-likeness (QED) is 0.903. The number of halogens is 1. The van der Waals surface area contributed by atoms with Crippen LogP contribution in [0.5, 0.6) is 17.5 Å². The van der Waals surface area contributed by atoms with Crippen molar-refractivity contribution in [2.45, 2.75) is 6.04 Å². The van der Waals surface area contributed by atoms with E-state index < -0.39 is 11.9 Å². The first kappa shape index (κ1) is 15.0. The van der Waals surface area contributed by atoms with Crippen molar-refractivity contribution in [3.05, 3.63) is 41.5 Å². The summed E-state index contributed by atoms with van der Waals surface area (Å²) in [5, 5.41) is 0. The zero-order chi connectivity index (χ0) is 15.4. The topological polar surface area (TPSA) is 79.5 Å². The third-order valence-corrected chi connectivity index (χ3v) is 2.98. The highest BCUT2D eigenvalue weighted by Gasteiger charge is 2.21. The molecular weight excluding hydrogens is 277 g/mol. The minimum atomic E-state index is -0.815. The molecule has 0 spiro atoms. The summed E-state index contributed by atoms with van der Waals surface area (Å²) in [6.45, 7) is 0. The van der Waals surface area contributed by atoms with E-state index in [0.29, 0.717) is 11.4 Å². The number of nitrogens with zero attached hydrogens (tertiary/aromatic N) is 2. The average Bonchev–Trinajstić information content (AvgIpc) is 2.53. The molecule has 0 fully saturated rings. The maximum atomic E-state index is 14.1. The van der Waals surface area contributed by atoms with Gasteiger partial charge in [0.15, 0.2) is 0 Å². The van der Waals surface area contributed by atoms with Gasteiger partial charge in [-0.15, -0.1) is 0 Å². The van der Waals surface area contributed by atoms with E-state index >= 15 is 0 Å². The molecule has 112 valence electrons. The van der Waals surface area contributed by atoms with Gasteiger partial charge < -0.3 is 19.9 Å². The van der Waals surface area contributed by atoms with Gasteiger partial charge in [-0.05, 0) is 6.07 Å². The molecular formula is C14H16FN3O3. The number of nitrogens with two attached hydrogens (primary N) is 1. The largest absolute Gasteiger partial charge is 0.497 e. The van der Waals surface area contributed by atoms with E-state index in [4.69, 9.17) is 19.9 Å². The highest BCUT2D eigenvalue weighted by atomic mass is 19.1. The number of rotatable bonds is 5.